The van der Waals surface area contributed by atoms with Gasteiger partial charge in [0, 0.05) is 12.3 Å². The van der Waals surface area contributed by atoms with E-state index in [0.29, 0.717) is 38.9 Å². The molecule has 6 heteroatoms. The number of nitrogens with zero attached hydrogens (tertiary/aromatic N) is 1. The minimum Gasteiger partial charge on any atom is -0.447 e. The summed E-state index contributed by atoms with van der Waals surface area (Å²) in [6.45, 7) is 7.15. The maximum Gasteiger partial charge on any atom is 0.416 e. The van der Waals surface area contributed by atoms with E-state index in [0.717, 1.165) is 12.0 Å². The normalized spacial score (nSPS) is 22.1. The predicted molar refractivity (Wildman–Crippen MR) is 105 cm³/mol. The highest BCUT2D eigenvalue weighted by Gasteiger charge is 2.40. The Morgan fingerprint density at radius 1 is 1.32 bits per heavy atom. The Morgan fingerprint density at radius 2 is 2.04 bits per heavy atom. The molecule has 152 valence electrons. The number of hydrogen-bond acceptors (Lipinski definition) is 5. The summed E-state index contributed by atoms with van der Waals surface area (Å²) in [5.74, 6) is -1.04. The summed E-state index contributed by atoms with van der Waals surface area (Å²) in [7, 11) is 0. The Balaban J connectivity index is 1.62. The van der Waals surface area contributed by atoms with Crippen molar-refractivity contribution in [1.82, 2.24) is 4.90 Å². The molecule has 0 saturated carbocycles. The number of carbonyl (C=O) groups is 2. The zero-order chi connectivity index (χ0) is 20.0. The molecular formula is C22H29NO5. The first-order valence-corrected chi connectivity index (χ1v) is 9.95. The number of rotatable bonds is 9. The molecule has 1 unspecified atom stereocenters. The number of hydrogen-bond donors (Lipinski definition) is 0. The maximum atomic E-state index is 13.2. The second kappa shape index (κ2) is 9.34. The third-order valence-electron chi connectivity index (χ3n) is 5.39. The van der Waals surface area contributed by atoms with E-state index < -0.39 is 11.9 Å². The summed E-state index contributed by atoms with van der Waals surface area (Å²) in [4.78, 5) is 26.8. The van der Waals surface area contributed by atoms with Crippen LogP contribution in [0.2, 0.25) is 0 Å². The van der Waals surface area contributed by atoms with Gasteiger partial charge in [0.15, 0.2) is 5.79 Å². The van der Waals surface area contributed by atoms with Gasteiger partial charge < -0.3 is 14.2 Å². The van der Waals surface area contributed by atoms with Gasteiger partial charge in [-0.2, -0.15) is 0 Å². The SMILES string of the molecule is C=CC[C@@H](CCCC1(C)OCCO1)C(=O)N1C(=O)OCC1Cc1ccccc1. The number of cyclic esters (lactones) is 1. The molecule has 0 bridgehead atoms. The summed E-state index contributed by atoms with van der Waals surface area (Å²) >= 11 is 0. The topological polar surface area (TPSA) is 65.1 Å². The predicted octanol–water partition coefficient (Wildman–Crippen LogP) is 3.70. The molecule has 2 atom stereocenters. The van der Waals surface area contributed by atoms with E-state index in [2.05, 4.69) is 6.58 Å². The van der Waals surface area contributed by atoms with Gasteiger partial charge in [-0.25, -0.2) is 9.69 Å². The molecular weight excluding hydrogens is 358 g/mol. The van der Waals surface area contributed by atoms with Gasteiger partial charge in [-0.05, 0) is 38.2 Å². The highest BCUT2D eigenvalue weighted by molar-refractivity contribution is 5.94. The molecule has 1 aromatic rings. The molecule has 0 radical (unpaired) electrons. The highest BCUT2D eigenvalue weighted by Crippen LogP contribution is 2.28. The molecule has 2 aliphatic heterocycles. The van der Waals surface area contributed by atoms with Crippen molar-refractivity contribution in [3.05, 3.63) is 48.6 Å². The monoisotopic (exact) mass is 387 g/mol. The summed E-state index contributed by atoms with van der Waals surface area (Å²) < 4.78 is 16.5. The number of ether oxygens (including phenoxy) is 3. The second-order valence-electron chi connectivity index (χ2n) is 7.57. The van der Waals surface area contributed by atoms with E-state index in [1.165, 1.54) is 4.90 Å². The van der Waals surface area contributed by atoms with Crippen LogP contribution in [0.5, 0.6) is 0 Å². The Morgan fingerprint density at radius 3 is 2.71 bits per heavy atom. The number of carbonyl (C=O) groups excluding carboxylic acids is 2. The molecule has 2 saturated heterocycles. The summed E-state index contributed by atoms with van der Waals surface area (Å²) in [6.07, 6.45) is 4.45. The Labute approximate surface area is 166 Å². The van der Waals surface area contributed by atoms with Crippen LogP contribution in [0.15, 0.2) is 43.0 Å². The van der Waals surface area contributed by atoms with E-state index in [-0.39, 0.29) is 24.5 Å². The van der Waals surface area contributed by atoms with Crippen LogP contribution in [-0.2, 0) is 25.4 Å². The van der Waals surface area contributed by atoms with Crippen molar-refractivity contribution in [2.75, 3.05) is 19.8 Å². The second-order valence-corrected chi connectivity index (χ2v) is 7.57. The molecule has 0 aliphatic carbocycles. The van der Waals surface area contributed by atoms with Crippen LogP contribution in [0.1, 0.15) is 38.2 Å². The quantitative estimate of drug-likeness (QED) is 0.605. The molecule has 3 rings (SSSR count). The van der Waals surface area contributed by atoms with Gasteiger partial charge in [-0.1, -0.05) is 36.4 Å². The zero-order valence-corrected chi connectivity index (χ0v) is 16.5. The van der Waals surface area contributed by atoms with Crippen LogP contribution in [0.25, 0.3) is 0 Å². The van der Waals surface area contributed by atoms with Crippen LogP contribution in [0.4, 0.5) is 4.79 Å². The van der Waals surface area contributed by atoms with E-state index in [4.69, 9.17) is 14.2 Å². The lowest BCUT2D eigenvalue weighted by Gasteiger charge is -2.26. The van der Waals surface area contributed by atoms with Gasteiger partial charge in [-0.15, -0.1) is 6.58 Å². The van der Waals surface area contributed by atoms with Gasteiger partial charge in [-0.3, -0.25) is 4.79 Å². The average Bonchev–Trinajstić information content (AvgIpc) is 3.27. The summed E-state index contributed by atoms with van der Waals surface area (Å²) in [5, 5.41) is 0. The summed E-state index contributed by atoms with van der Waals surface area (Å²) in [6, 6.07) is 9.57. The molecule has 6 nitrogen and oxygen atoms in total. The van der Waals surface area contributed by atoms with Gasteiger partial charge >= 0.3 is 6.09 Å². The third-order valence-corrected chi connectivity index (χ3v) is 5.39. The van der Waals surface area contributed by atoms with Crippen molar-refractivity contribution >= 4 is 12.0 Å². The van der Waals surface area contributed by atoms with Gasteiger partial charge in [0.25, 0.3) is 0 Å². The van der Waals surface area contributed by atoms with Gasteiger partial charge in [0.05, 0.1) is 19.3 Å². The van der Waals surface area contributed by atoms with Crippen molar-refractivity contribution in [2.45, 2.75) is 50.9 Å². The fourth-order valence-electron chi connectivity index (χ4n) is 3.88. The number of imide groups is 1. The number of amides is 2. The van der Waals surface area contributed by atoms with Crippen molar-refractivity contribution in [1.29, 1.82) is 0 Å². The summed E-state index contributed by atoms with van der Waals surface area (Å²) in [5.41, 5.74) is 1.08. The number of allylic oxidation sites excluding steroid dienone is 1. The molecule has 28 heavy (non-hydrogen) atoms. The Bertz CT molecular complexity index is 683. The van der Waals surface area contributed by atoms with Crippen LogP contribution in [0, 0.1) is 5.92 Å². The average molecular weight is 387 g/mol. The van der Waals surface area contributed by atoms with Gasteiger partial charge in [0.2, 0.25) is 5.91 Å². The molecule has 2 aliphatic rings. The molecule has 2 heterocycles. The van der Waals surface area contributed by atoms with Crippen molar-refractivity contribution in [3.63, 3.8) is 0 Å². The van der Waals surface area contributed by atoms with Crippen LogP contribution >= 0.6 is 0 Å². The fraction of sp³-hybridized carbons (Fsp3) is 0.545. The van der Waals surface area contributed by atoms with E-state index in [1.54, 1.807) is 6.08 Å². The van der Waals surface area contributed by atoms with Crippen molar-refractivity contribution < 1.29 is 23.8 Å². The molecule has 0 N–H and O–H groups in total. The largest absolute Gasteiger partial charge is 0.447 e. The third kappa shape index (κ3) is 5.00. The van der Waals surface area contributed by atoms with Crippen LogP contribution in [0.3, 0.4) is 0 Å². The van der Waals surface area contributed by atoms with Crippen molar-refractivity contribution in [3.8, 4) is 0 Å². The minimum absolute atomic E-state index is 0.179. The first-order valence-electron chi connectivity index (χ1n) is 9.95. The standard InChI is InChI=1S/C22H29NO5/c1-3-8-18(11-7-12-22(2)27-13-14-28-22)20(24)23-19(16-26-21(23)25)15-17-9-5-4-6-10-17/h3-6,9-10,18-19H,1,7-8,11-16H2,2H3/t18-,19?/m0/s1. The first kappa shape index (κ1) is 20.6. The van der Waals surface area contributed by atoms with E-state index in [1.807, 2.05) is 37.3 Å². The van der Waals surface area contributed by atoms with Crippen LogP contribution in [-0.4, -0.2) is 48.5 Å². The lowest BCUT2D eigenvalue weighted by atomic mass is 9.94. The first-order chi connectivity index (χ1) is 13.5. The zero-order valence-electron chi connectivity index (χ0n) is 16.5. The molecule has 0 aromatic heterocycles. The molecule has 0 spiro atoms. The Hall–Kier alpha value is -2.18. The van der Waals surface area contributed by atoms with E-state index >= 15 is 0 Å². The van der Waals surface area contributed by atoms with Crippen molar-refractivity contribution in [2.24, 2.45) is 5.92 Å². The highest BCUT2D eigenvalue weighted by atomic mass is 16.7. The molecule has 2 fully saturated rings. The fourth-order valence-corrected chi connectivity index (χ4v) is 3.88. The minimum atomic E-state index is -0.565. The lowest BCUT2D eigenvalue weighted by Crippen LogP contribution is -2.43. The molecule has 2 amide bonds. The smallest absolute Gasteiger partial charge is 0.416 e. The maximum absolute atomic E-state index is 13.2. The number of benzene rings is 1. The van der Waals surface area contributed by atoms with Gasteiger partial charge in [0.1, 0.15) is 6.61 Å². The van der Waals surface area contributed by atoms with E-state index in [9.17, 15) is 9.59 Å². The molecule has 1 aromatic carbocycles. The lowest BCUT2D eigenvalue weighted by molar-refractivity contribution is -0.149. The van der Waals surface area contributed by atoms with Crippen LogP contribution < -0.4 is 0 Å². The Kier molecular flexibility index (Phi) is 6.86.